The molecule has 0 bridgehead atoms. The van der Waals surface area contributed by atoms with Gasteiger partial charge in [-0.15, -0.1) is 11.3 Å². The van der Waals surface area contributed by atoms with E-state index in [1.54, 1.807) is 43.3 Å². The van der Waals surface area contributed by atoms with Gasteiger partial charge in [0.05, 0.1) is 28.8 Å². The van der Waals surface area contributed by atoms with E-state index >= 15 is 8.42 Å². The van der Waals surface area contributed by atoms with Gasteiger partial charge in [0.25, 0.3) is 10.0 Å². The highest BCUT2D eigenvalue weighted by atomic mass is 35.5. The molecule has 6 aromatic rings. The molecule has 2 amide bonds. The molecule has 5 aromatic carbocycles. The number of thiazole rings is 1. The number of esters is 1. The van der Waals surface area contributed by atoms with Crippen molar-refractivity contribution in [1.82, 2.24) is 14.6 Å². The van der Waals surface area contributed by atoms with E-state index in [0.717, 1.165) is 37.9 Å². The molecule has 2 aliphatic rings. The number of nitrogens with one attached hydrogen (secondary N) is 1. The van der Waals surface area contributed by atoms with Gasteiger partial charge in [0.2, 0.25) is 11.8 Å². The largest absolute Gasteiger partial charge is 0.489 e. The number of ether oxygens (including phenoxy) is 4. The van der Waals surface area contributed by atoms with Crippen molar-refractivity contribution in [2.24, 2.45) is 5.41 Å². The fourth-order valence-electron chi connectivity index (χ4n) is 8.42. The van der Waals surface area contributed by atoms with Crippen LogP contribution in [0, 0.1) is 23.7 Å². The number of rotatable bonds is 15. The summed E-state index contributed by atoms with van der Waals surface area (Å²) in [7, 11) is -3.35. The molecule has 374 valence electrons. The first-order chi connectivity index (χ1) is 34.3. The molecule has 0 fully saturated rings. The number of fused-ring (bicyclic) bond motifs is 2. The third-order valence-electron chi connectivity index (χ3n) is 12.5. The Morgan fingerprint density at radius 3 is 2.24 bits per heavy atom. The Labute approximate surface area is 433 Å². The number of nitriles is 1. The minimum Gasteiger partial charge on any atom is -0.489 e. The van der Waals surface area contributed by atoms with E-state index in [2.05, 4.69) is 37.1 Å². The number of carbonyl (C=O) groups excluding carboxylic acids is 3. The fraction of sp³-hybridized carbons (Fsp3) is 0.315. The first kappa shape index (κ1) is 51.9. The van der Waals surface area contributed by atoms with Crippen LogP contribution in [0.25, 0.3) is 11.1 Å². The van der Waals surface area contributed by atoms with Gasteiger partial charge in [-0.1, -0.05) is 98.6 Å². The smallest absolute Gasteiger partial charge is 0.328 e. The highest BCUT2D eigenvalue weighted by Crippen LogP contribution is 2.43. The molecule has 0 saturated carbocycles. The van der Waals surface area contributed by atoms with Crippen molar-refractivity contribution in [2.75, 3.05) is 25.2 Å². The molecule has 3 heterocycles. The molecule has 2 aliphatic heterocycles. The third kappa shape index (κ3) is 11.9. The minimum absolute atomic E-state index is 0.0421. The normalized spacial score (nSPS) is 15.9. The minimum atomic E-state index is -4.57. The molecule has 18 heteroatoms. The summed E-state index contributed by atoms with van der Waals surface area (Å²) in [6.45, 7) is 9.73. The van der Waals surface area contributed by atoms with Gasteiger partial charge in [0.1, 0.15) is 31.0 Å². The summed E-state index contributed by atoms with van der Waals surface area (Å²) in [4.78, 5) is 47.5. The number of methoxy groups -OCH3 is 1. The molecular formula is C54H53Cl2N5O9S2. The molecule has 0 aliphatic carbocycles. The van der Waals surface area contributed by atoms with E-state index in [9.17, 15) is 19.6 Å². The molecule has 0 radical (unpaired) electrons. The number of anilines is 1. The lowest BCUT2D eigenvalue weighted by Gasteiger charge is -2.36. The van der Waals surface area contributed by atoms with Crippen molar-refractivity contribution in [3.8, 4) is 34.4 Å². The second-order valence-electron chi connectivity index (χ2n) is 18.9. The van der Waals surface area contributed by atoms with Gasteiger partial charge >= 0.3 is 5.97 Å². The van der Waals surface area contributed by atoms with Gasteiger partial charge < -0.3 is 24.3 Å². The monoisotopic (exact) mass is 1050 g/mol. The number of nitrogens with zero attached hydrogens (tertiary/aromatic N) is 4. The Hall–Kier alpha value is -6.48. The van der Waals surface area contributed by atoms with Crippen molar-refractivity contribution in [3.05, 3.63) is 151 Å². The van der Waals surface area contributed by atoms with Gasteiger partial charge in [-0.2, -0.15) is 9.57 Å². The molecule has 14 nitrogen and oxygen atoms in total. The summed E-state index contributed by atoms with van der Waals surface area (Å²) < 4.78 is 55.3. The van der Waals surface area contributed by atoms with Crippen LogP contribution in [-0.4, -0.2) is 67.8 Å². The van der Waals surface area contributed by atoms with Gasteiger partial charge in [0.15, 0.2) is 27.8 Å². The van der Waals surface area contributed by atoms with E-state index in [-0.39, 0.29) is 54.1 Å². The summed E-state index contributed by atoms with van der Waals surface area (Å²) in [6, 6.07) is 30.4. The second kappa shape index (κ2) is 21.7. The van der Waals surface area contributed by atoms with E-state index in [1.807, 2.05) is 66.7 Å². The Bertz CT molecular complexity index is 3150. The topological polar surface area (TPSA) is 177 Å². The van der Waals surface area contributed by atoms with Crippen LogP contribution in [0.5, 0.6) is 17.2 Å². The Kier molecular flexibility index (Phi) is 15.6. The zero-order chi connectivity index (χ0) is 51.5. The fourth-order valence-corrected chi connectivity index (χ4v) is 11.7. The van der Waals surface area contributed by atoms with E-state index in [1.165, 1.54) is 18.9 Å². The number of hydrogen-bond donors (Lipinski definition) is 1. The lowest BCUT2D eigenvalue weighted by molar-refractivity contribution is -0.145. The molecule has 72 heavy (non-hydrogen) atoms. The number of halogens is 2. The SMILES string of the molecule is COC(=O)C(Cc1ccc(-c2ccc(C#N)cc2)cc1)NC(=O)C1Cc2cc3c(cc2CN1S(=O)(=O)c1nc(N(CCC(C)(C)C)C(C)=O)sc1C)OC(c1ccc(OCc2ccc(Cl)c(Cl)c2)cc1)CO3. The van der Waals surface area contributed by atoms with Crippen molar-refractivity contribution in [3.63, 3.8) is 0 Å². The maximum atomic E-state index is 15.1. The van der Waals surface area contributed by atoms with Crippen LogP contribution in [0.4, 0.5) is 5.13 Å². The number of aromatic nitrogens is 1. The Morgan fingerprint density at radius 2 is 1.60 bits per heavy atom. The van der Waals surface area contributed by atoms with Crippen LogP contribution >= 0.6 is 34.5 Å². The number of aryl methyl sites for hydroxylation is 1. The van der Waals surface area contributed by atoms with E-state index < -0.39 is 40.1 Å². The number of benzene rings is 5. The van der Waals surface area contributed by atoms with Crippen molar-refractivity contribution in [2.45, 2.75) is 90.2 Å². The average molecular weight is 1050 g/mol. The van der Waals surface area contributed by atoms with Gasteiger partial charge in [-0.3, -0.25) is 14.5 Å². The molecule has 0 saturated heterocycles. The van der Waals surface area contributed by atoms with Gasteiger partial charge in [-0.25, -0.2) is 18.2 Å². The summed E-state index contributed by atoms with van der Waals surface area (Å²) in [6.07, 6.45) is 0.0837. The standard InChI is InChI=1S/C54H53Cl2N5O9S2/c1-32-51(59-53(71-32)60(33(2)62)22-21-54(3,4)5)72(65,66)61-29-41-27-48-47(69-31-49(70-48)39-16-18-42(19-17-39)68-30-36-11-20-43(55)44(56)23-36)26-40(41)25-46(61)50(63)58-45(52(64)67-6)24-34-7-12-37(13-8-34)38-14-9-35(28-57)10-15-38/h7-20,23,26-27,45-46,49H,21-22,24-25,29-31H2,1-6H3,(H,58,63). The van der Waals surface area contributed by atoms with Crippen LogP contribution in [0.2, 0.25) is 10.0 Å². The summed E-state index contributed by atoms with van der Waals surface area (Å²) >= 11 is 13.3. The lowest BCUT2D eigenvalue weighted by Crippen LogP contribution is -2.56. The first-order valence-electron chi connectivity index (χ1n) is 23.2. The molecule has 1 N–H and O–H groups in total. The first-order valence-corrected chi connectivity index (χ1v) is 26.2. The van der Waals surface area contributed by atoms with Crippen LogP contribution in [0.1, 0.15) is 78.5 Å². The van der Waals surface area contributed by atoms with Crippen LogP contribution in [0.3, 0.4) is 0 Å². The summed E-state index contributed by atoms with van der Waals surface area (Å²) in [5.41, 5.74) is 5.82. The van der Waals surface area contributed by atoms with E-state index in [4.69, 9.17) is 42.1 Å². The number of amides is 2. The molecule has 1 aromatic heterocycles. The maximum Gasteiger partial charge on any atom is 0.328 e. The Morgan fingerprint density at radius 1 is 0.931 bits per heavy atom. The van der Waals surface area contributed by atoms with E-state index in [0.29, 0.717) is 67.4 Å². The Balaban J connectivity index is 1.07. The zero-order valence-electron chi connectivity index (χ0n) is 40.5. The predicted molar refractivity (Wildman–Crippen MR) is 276 cm³/mol. The van der Waals surface area contributed by atoms with Crippen molar-refractivity contribution in [1.29, 1.82) is 5.26 Å². The van der Waals surface area contributed by atoms with Gasteiger partial charge in [-0.05, 0) is 113 Å². The molecule has 8 rings (SSSR count). The maximum absolute atomic E-state index is 15.1. The van der Waals surface area contributed by atoms with Crippen LogP contribution in [-0.2, 0) is 55.1 Å². The number of sulfonamides is 1. The summed E-state index contributed by atoms with van der Waals surface area (Å²) in [5.74, 6) is -0.276. The second-order valence-corrected chi connectivity index (χ2v) is 22.7. The van der Waals surface area contributed by atoms with Crippen molar-refractivity contribution < 1.29 is 41.7 Å². The van der Waals surface area contributed by atoms with Crippen LogP contribution in [0.15, 0.2) is 108 Å². The van der Waals surface area contributed by atoms with Crippen molar-refractivity contribution >= 4 is 67.5 Å². The lowest BCUT2D eigenvalue weighted by atomic mass is 9.92. The number of carbonyl (C=O) groups is 3. The van der Waals surface area contributed by atoms with Gasteiger partial charge in [0, 0.05) is 31.3 Å². The molecule has 3 unspecified atom stereocenters. The molecule has 3 atom stereocenters. The molecular weight excluding hydrogens is 998 g/mol. The predicted octanol–water partition coefficient (Wildman–Crippen LogP) is 10.2. The highest BCUT2D eigenvalue weighted by Gasteiger charge is 2.44. The van der Waals surface area contributed by atoms with Crippen LogP contribution < -0.4 is 24.4 Å². The number of hydrogen-bond acceptors (Lipinski definition) is 12. The average Bonchev–Trinajstić information content (AvgIpc) is 3.76. The summed E-state index contributed by atoms with van der Waals surface area (Å²) in [5, 5.41) is 12.9. The quantitative estimate of drug-likeness (QED) is 0.0968. The molecule has 0 spiro atoms. The third-order valence-corrected chi connectivity index (χ3v) is 16.2. The highest BCUT2D eigenvalue weighted by molar-refractivity contribution is 7.89. The zero-order valence-corrected chi connectivity index (χ0v) is 43.7.